The van der Waals surface area contributed by atoms with Crippen molar-refractivity contribution < 1.29 is 14.3 Å². The van der Waals surface area contributed by atoms with Gasteiger partial charge in [-0.3, -0.25) is 9.59 Å². The number of Topliss-reactive ketones (excluding diaryl/α,β-unsaturated/α-hetero) is 1. The molecular weight excluding hydrogens is 248 g/mol. The summed E-state index contributed by atoms with van der Waals surface area (Å²) in [6.45, 7) is 1.40. The minimum absolute atomic E-state index is 0.184. The maximum absolute atomic E-state index is 11.3. The van der Waals surface area contributed by atoms with Crippen molar-refractivity contribution in [3.05, 3.63) is 27.7 Å². The molecule has 3 nitrogen and oxygen atoms in total. The molecule has 0 amide bonds. The van der Waals surface area contributed by atoms with E-state index in [1.165, 1.54) is 14.0 Å². The maximum atomic E-state index is 11.3. The van der Waals surface area contributed by atoms with E-state index in [0.717, 1.165) is 0 Å². The molecule has 0 aliphatic heterocycles. The van der Waals surface area contributed by atoms with E-state index in [1.54, 1.807) is 12.1 Å². The summed E-state index contributed by atoms with van der Waals surface area (Å²) in [4.78, 5) is 22.0. The van der Waals surface area contributed by atoms with Crippen LogP contribution in [0.5, 0.6) is 5.75 Å². The van der Waals surface area contributed by atoms with Crippen LogP contribution in [0.2, 0.25) is 0 Å². The van der Waals surface area contributed by atoms with E-state index in [2.05, 4.69) is 15.9 Å². The highest BCUT2D eigenvalue weighted by Crippen LogP contribution is 2.27. The van der Waals surface area contributed by atoms with Gasteiger partial charge in [-0.05, 0) is 19.1 Å². The van der Waals surface area contributed by atoms with Crippen molar-refractivity contribution in [2.45, 2.75) is 6.92 Å². The van der Waals surface area contributed by atoms with Crippen molar-refractivity contribution >= 4 is 28.0 Å². The molecule has 0 unspecified atom stereocenters. The van der Waals surface area contributed by atoms with Gasteiger partial charge >= 0.3 is 0 Å². The normalized spacial score (nSPS) is 9.64. The van der Waals surface area contributed by atoms with Crippen LogP contribution in [-0.4, -0.2) is 19.2 Å². The molecule has 0 aliphatic carbocycles. The Kier molecular flexibility index (Phi) is 3.41. The van der Waals surface area contributed by atoms with Gasteiger partial charge in [-0.2, -0.15) is 0 Å². The maximum Gasteiger partial charge on any atom is 0.164 e. The molecule has 0 saturated heterocycles. The molecule has 0 radical (unpaired) electrons. The van der Waals surface area contributed by atoms with Crippen molar-refractivity contribution in [2.75, 3.05) is 7.11 Å². The van der Waals surface area contributed by atoms with Crippen molar-refractivity contribution in [2.24, 2.45) is 0 Å². The van der Waals surface area contributed by atoms with Gasteiger partial charge in [0.1, 0.15) is 5.75 Å². The van der Waals surface area contributed by atoms with Crippen molar-refractivity contribution in [3.8, 4) is 5.75 Å². The lowest BCUT2D eigenvalue weighted by Gasteiger charge is -2.08. The summed E-state index contributed by atoms with van der Waals surface area (Å²) in [5, 5.41) is 0. The van der Waals surface area contributed by atoms with Gasteiger partial charge in [0.15, 0.2) is 12.1 Å². The number of ether oxygens (including phenoxy) is 1. The van der Waals surface area contributed by atoms with Crippen LogP contribution in [0.1, 0.15) is 27.6 Å². The molecule has 0 N–H and O–H groups in total. The first kappa shape index (κ1) is 10.9. The van der Waals surface area contributed by atoms with Crippen LogP contribution < -0.4 is 4.74 Å². The van der Waals surface area contributed by atoms with E-state index in [-0.39, 0.29) is 5.78 Å². The Hall–Kier alpha value is -1.16. The first-order valence-corrected chi connectivity index (χ1v) is 4.73. The molecule has 0 fully saturated rings. The molecule has 0 saturated carbocycles. The Balaban J connectivity index is 3.48. The van der Waals surface area contributed by atoms with Gasteiger partial charge in [-0.15, -0.1) is 0 Å². The van der Waals surface area contributed by atoms with Crippen LogP contribution in [0.4, 0.5) is 0 Å². The van der Waals surface area contributed by atoms with Crippen LogP contribution in [0.3, 0.4) is 0 Å². The number of carbonyl (C=O) groups is 2. The summed E-state index contributed by atoms with van der Waals surface area (Å²) in [5.74, 6) is 0.227. The summed E-state index contributed by atoms with van der Waals surface area (Å²) in [6.07, 6.45) is 0.643. The Morgan fingerprint density at radius 3 is 2.57 bits per heavy atom. The lowest BCUT2D eigenvalue weighted by atomic mass is 10.0. The Labute approximate surface area is 90.2 Å². The molecule has 1 aromatic rings. The zero-order valence-corrected chi connectivity index (χ0v) is 9.42. The van der Waals surface area contributed by atoms with Gasteiger partial charge in [0.2, 0.25) is 0 Å². The zero-order valence-electron chi connectivity index (χ0n) is 7.83. The number of ketones is 1. The van der Waals surface area contributed by atoms with E-state index >= 15 is 0 Å². The van der Waals surface area contributed by atoms with Crippen molar-refractivity contribution in [3.63, 3.8) is 0 Å². The average Bonchev–Trinajstić information content (AvgIpc) is 2.15. The van der Waals surface area contributed by atoms with Crippen molar-refractivity contribution in [1.82, 2.24) is 0 Å². The van der Waals surface area contributed by atoms with E-state index < -0.39 is 0 Å². The number of rotatable bonds is 3. The van der Waals surface area contributed by atoms with Gasteiger partial charge in [0.05, 0.1) is 12.7 Å². The number of carbonyl (C=O) groups excluding carboxylic acids is 2. The molecule has 0 spiro atoms. The molecule has 74 valence electrons. The van der Waals surface area contributed by atoms with Gasteiger partial charge in [-0.25, -0.2) is 0 Å². The predicted molar refractivity (Wildman–Crippen MR) is 56.1 cm³/mol. The zero-order chi connectivity index (χ0) is 10.7. The average molecular weight is 257 g/mol. The van der Waals surface area contributed by atoms with E-state index in [4.69, 9.17) is 4.74 Å². The van der Waals surface area contributed by atoms with Gasteiger partial charge in [0.25, 0.3) is 0 Å². The Morgan fingerprint density at radius 1 is 1.50 bits per heavy atom. The second-order valence-electron chi connectivity index (χ2n) is 2.75. The summed E-state index contributed by atoms with van der Waals surface area (Å²) in [7, 11) is 1.46. The van der Waals surface area contributed by atoms with E-state index in [0.29, 0.717) is 27.6 Å². The largest absolute Gasteiger partial charge is 0.496 e. The Morgan fingerprint density at radius 2 is 2.14 bits per heavy atom. The van der Waals surface area contributed by atoms with Crippen LogP contribution in [-0.2, 0) is 0 Å². The number of hydrogen-bond donors (Lipinski definition) is 0. The molecule has 0 aliphatic rings. The van der Waals surface area contributed by atoms with Gasteiger partial charge < -0.3 is 4.74 Å². The van der Waals surface area contributed by atoms with Crippen LogP contribution >= 0.6 is 15.9 Å². The molecule has 0 aromatic heterocycles. The first-order chi connectivity index (χ1) is 6.60. The quantitative estimate of drug-likeness (QED) is 0.617. The van der Waals surface area contributed by atoms with Crippen LogP contribution in [0, 0.1) is 0 Å². The molecular formula is C10H9BrO3. The minimum Gasteiger partial charge on any atom is -0.496 e. The lowest BCUT2D eigenvalue weighted by molar-refractivity contribution is 0.100. The second kappa shape index (κ2) is 4.37. The summed E-state index contributed by atoms with van der Waals surface area (Å²) < 4.78 is 5.73. The first-order valence-electron chi connectivity index (χ1n) is 3.93. The third-order valence-corrected chi connectivity index (χ3v) is 2.25. The highest BCUT2D eigenvalue weighted by atomic mass is 79.9. The SMILES string of the molecule is COc1cc(Br)cc(C=O)c1C(C)=O. The molecule has 1 rings (SSSR count). The molecule has 0 atom stereocenters. The predicted octanol–water partition coefficient (Wildman–Crippen LogP) is 2.47. The number of hydrogen-bond acceptors (Lipinski definition) is 3. The monoisotopic (exact) mass is 256 g/mol. The molecule has 0 bridgehead atoms. The van der Waals surface area contributed by atoms with Gasteiger partial charge in [0, 0.05) is 10.0 Å². The smallest absolute Gasteiger partial charge is 0.164 e. The number of aldehydes is 1. The third kappa shape index (κ3) is 2.01. The molecule has 14 heavy (non-hydrogen) atoms. The third-order valence-electron chi connectivity index (χ3n) is 1.80. The number of methoxy groups -OCH3 is 1. The van der Waals surface area contributed by atoms with Crippen LogP contribution in [0.15, 0.2) is 16.6 Å². The summed E-state index contributed by atoms with van der Waals surface area (Å²) in [5.41, 5.74) is 0.662. The molecule has 1 aromatic carbocycles. The molecule has 0 heterocycles. The van der Waals surface area contributed by atoms with Gasteiger partial charge in [-0.1, -0.05) is 15.9 Å². The second-order valence-corrected chi connectivity index (χ2v) is 3.66. The van der Waals surface area contributed by atoms with E-state index in [9.17, 15) is 9.59 Å². The van der Waals surface area contributed by atoms with Crippen molar-refractivity contribution in [1.29, 1.82) is 0 Å². The molecule has 4 heteroatoms. The minimum atomic E-state index is -0.184. The fraction of sp³-hybridized carbons (Fsp3) is 0.200. The standard InChI is InChI=1S/C10H9BrO3/c1-6(13)10-7(5-12)3-8(11)4-9(10)14-2/h3-5H,1-2H3. The van der Waals surface area contributed by atoms with E-state index in [1.807, 2.05) is 0 Å². The topological polar surface area (TPSA) is 43.4 Å². The number of benzene rings is 1. The highest BCUT2D eigenvalue weighted by Gasteiger charge is 2.14. The number of halogens is 1. The van der Waals surface area contributed by atoms with Crippen LogP contribution in [0.25, 0.3) is 0 Å². The fourth-order valence-corrected chi connectivity index (χ4v) is 1.69. The summed E-state index contributed by atoms with van der Waals surface area (Å²) >= 11 is 3.23. The lowest BCUT2D eigenvalue weighted by Crippen LogP contribution is -2.02. The highest BCUT2D eigenvalue weighted by molar-refractivity contribution is 9.10. The Bertz CT molecular complexity index is 385. The fourth-order valence-electron chi connectivity index (χ4n) is 1.23. The summed E-state index contributed by atoms with van der Waals surface area (Å²) in [6, 6.07) is 3.25.